The van der Waals surface area contributed by atoms with Crippen LogP contribution in [0, 0.1) is 5.41 Å². The molecule has 0 saturated carbocycles. The molecule has 0 atom stereocenters. The first-order valence-electron chi connectivity index (χ1n) is 2.51. The summed E-state index contributed by atoms with van der Waals surface area (Å²) in [7, 11) is 0. The molecule has 0 radical (unpaired) electrons. The summed E-state index contributed by atoms with van der Waals surface area (Å²) in [6.45, 7) is 1.06. The molecular weight excluding hydrogens is 147 g/mol. The van der Waals surface area contributed by atoms with E-state index in [9.17, 15) is 0 Å². The summed E-state index contributed by atoms with van der Waals surface area (Å²) in [5.74, 6) is 0. The zero-order chi connectivity index (χ0) is 6.62. The Kier molecular flexibility index (Phi) is 9.11. The van der Waals surface area contributed by atoms with Crippen LogP contribution in [0.5, 0.6) is 0 Å². The average Bonchev–Trinajstić information content (AvgIpc) is 1.87. The van der Waals surface area contributed by atoms with Crippen molar-refractivity contribution in [3.8, 4) is 0 Å². The Morgan fingerprint density at radius 3 is 1.22 bits per heavy atom. The van der Waals surface area contributed by atoms with Crippen LogP contribution in [0.1, 0.15) is 6.92 Å². The Labute approximate surface area is 97.5 Å². The van der Waals surface area contributed by atoms with Crippen LogP contribution < -0.4 is 0 Å². The Morgan fingerprint density at radius 2 is 1.22 bits per heavy atom. The number of aliphatic hydroxyl groups excluding tert-OH is 3. The molecule has 0 aromatic rings. The van der Waals surface area contributed by atoms with Crippen LogP contribution in [-0.2, 0) is 0 Å². The third-order valence-corrected chi connectivity index (χ3v) is 1.15. The van der Waals surface area contributed by atoms with E-state index in [-0.39, 0.29) is 71.2 Å². The van der Waals surface area contributed by atoms with Crippen molar-refractivity contribution in [1.29, 1.82) is 0 Å². The molecular formula is C5H13KO3. The number of hydrogen-bond acceptors (Lipinski definition) is 3. The molecule has 3 nitrogen and oxygen atoms in total. The van der Waals surface area contributed by atoms with Gasteiger partial charge in [0, 0.05) is 5.41 Å². The predicted molar refractivity (Wildman–Crippen MR) is 36.5 cm³/mol. The fourth-order valence-corrected chi connectivity index (χ4v) is 0.150. The zero-order valence-corrected chi connectivity index (χ0v) is 4.96. The van der Waals surface area contributed by atoms with Crippen LogP contribution in [0.25, 0.3) is 0 Å². The van der Waals surface area contributed by atoms with E-state index in [4.69, 9.17) is 15.3 Å². The van der Waals surface area contributed by atoms with E-state index in [0.29, 0.717) is 0 Å². The number of hydrogen-bond donors (Lipinski definition) is 3. The second-order valence-electron chi connectivity index (χ2n) is 2.29. The zero-order valence-electron chi connectivity index (χ0n) is 4.96. The van der Waals surface area contributed by atoms with E-state index in [1.54, 1.807) is 6.92 Å². The molecule has 0 unspecified atom stereocenters. The third-order valence-electron chi connectivity index (χ3n) is 1.15. The second-order valence-corrected chi connectivity index (χ2v) is 2.29. The summed E-state index contributed by atoms with van der Waals surface area (Å²) >= 11 is 0. The fourth-order valence-electron chi connectivity index (χ4n) is 0.150. The summed E-state index contributed by atoms with van der Waals surface area (Å²) in [6.07, 6.45) is 0. The van der Waals surface area contributed by atoms with Gasteiger partial charge < -0.3 is 15.3 Å². The Balaban J connectivity index is 0. The SMILES string of the molecule is CC(CO)(CO)CO.[KH]. The van der Waals surface area contributed by atoms with E-state index < -0.39 is 5.41 Å². The van der Waals surface area contributed by atoms with Crippen molar-refractivity contribution >= 4 is 51.4 Å². The van der Waals surface area contributed by atoms with Gasteiger partial charge in [0.05, 0.1) is 19.8 Å². The second kappa shape index (κ2) is 6.24. The normalized spacial score (nSPS) is 10.7. The molecule has 0 spiro atoms. The fraction of sp³-hybridized carbons (Fsp3) is 1.00. The van der Waals surface area contributed by atoms with Crippen molar-refractivity contribution in [2.45, 2.75) is 6.92 Å². The van der Waals surface area contributed by atoms with Crippen LogP contribution in [-0.4, -0.2) is 86.5 Å². The van der Waals surface area contributed by atoms with Crippen molar-refractivity contribution in [2.75, 3.05) is 19.8 Å². The third kappa shape index (κ3) is 4.86. The van der Waals surface area contributed by atoms with Crippen molar-refractivity contribution in [3.63, 3.8) is 0 Å². The first-order chi connectivity index (χ1) is 3.68. The molecule has 4 heteroatoms. The topological polar surface area (TPSA) is 60.7 Å². The average molecular weight is 160 g/mol. The quantitative estimate of drug-likeness (QED) is 0.432. The van der Waals surface area contributed by atoms with E-state index in [1.165, 1.54) is 0 Å². The summed E-state index contributed by atoms with van der Waals surface area (Å²) in [6, 6.07) is 0. The molecule has 0 aromatic heterocycles. The molecule has 0 bridgehead atoms. The van der Waals surface area contributed by atoms with Gasteiger partial charge in [-0.2, -0.15) is 0 Å². The summed E-state index contributed by atoms with van der Waals surface area (Å²) in [5.41, 5.74) is -0.708. The Hall–Kier alpha value is 1.52. The predicted octanol–water partition coefficient (Wildman–Crippen LogP) is -1.68. The van der Waals surface area contributed by atoms with E-state index in [0.717, 1.165) is 0 Å². The van der Waals surface area contributed by atoms with Gasteiger partial charge in [-0.1, -0.05) is 6.92 Å². The van der Waals surface area contributed by atoms with Crippen LogP contribution in [0.3, 0.4) is 0 Å². The van der Waals surface area contributed by atoms with E-state index in [1.807, 2.05) is 0 Å². The van der Waals surface area contributed by atoms with Crippen LogP contribution >= 0.6 is 0 Å². The van der Waals surface area contributed by atoms with Gasteiger partial charge in [-0.15, -0.1) is 0 Å². The van der Waals surface area contributed by atoms with E-state index >= 15 is 0 Å². The number of aliphatic hydroxyl groups is 3. The van der Waals surface area contributed by atoms with Crippen LogP contribution in [0.2, 0.25) is 0 Å². The number of rotatable bonds is 3. The van der Waals surface area contributed by atoms with Gasteiger partial charge in [-0.3, -0.25) is 0 Å². The van der Waals surface area contributed by atoms with Crippen molar-refractivity contribution in [3.05, 3.63) is 0 Å². The van der Waals surface area contributed by atoms with Gasteiger partial charge in [-0.25, -0.2) is 0 Å². The molecule has 3 N–H and O–H groups in total. The van der Waals surface area contributed by atoms with Gasteiger partial charge in [-0.05, 0) is 0 Å². The van der Waals surface area contributed by atoms with Crippen molar-refractivity contribution < 1.29 is 15.3 Å². The first kappa shape index (κ1) is 13.1. The minimum absolute atomic E-state index is 0. The molecule has 0 heterocycles. The standard InChI is InChI=1S/C5H12O3.K.H/c1-5(2-6,3-7)4-8;;/h6-8H,2-4H2,1H3;;. The van der Waals surface area contributed by atoms with Crippen molar-refractivity contribution in [2.24, 2.45) is 5.41 Å². The Morgan fingerprint density at radius 1 is 1.00 bits per heavy atom. The van der Waals surface area contributed by atoms with Gasteiger partial charge in [0.1, 0.15) is 0 Å². The van der Waals surface area contributed by atoms with Gasteiger partial charge >= 0.3 is 51.4 Å². The summed E-state index contributed by atoms with van der Waals surface area (Å²) in [5, 5.41) is 25.4. The molecule has 0 rings (SSSR count). The van der Waals surface area contributed by atoms with Crippen LogP contribution in [0.4, 0.5) is 0 Å². The van der Waals surface area contributed by atoms with Gasteiger partial charge in [0.15, 0.2) is 0 Å². The molecule has 0 aromatic carbocycles. The summed E-state index contributed by atoms with van der Waals surface area (Å²) < 4.78 is 0. The summed E-state index contributed by atoms with van der Waals surface area (Å²) in [4.78, 5) is 0. The van der Waals surface area contributed by atoms with Gasteiger partial charge in [0.25, 0.3) is 0 Å². The monoisotopic (exact) mass is 160 g/mol. The molecule has 0 aliphatic heterocycles. The maximum absolute atomic E-state index is 8.47. The molecule has 0 aliphatic rings. The molecule has 0 saturated heterocycles. The maximum atomic E-state index is 8.47. The van der Waals surface area contributed by atoms with Gasteiger partial charge in [0.2, 0.25) is 0 Å². The molecule has 52 valence electrons. The van der Waals surface area contributed by atoms with Crippen LogP contribution in [0.15, 0.2) is 0 Å². The molecule has 0 amide bonds. The minimum atomic E-state index is -0.708. The Bertz CT molecular complexity index is 55.0. The molecule has 0 fully saturated rings. The first-order valence-corrected chi connectivity index (χ1v) is 2.51. The van der Waals surface area contributed by atoms with E-state index in [2.05, 4.69) is 0 Å². The molecule has 9 heavy (non-hydrogen) atoms. The van der Waals surface area contributed by atoms with Crippen molar-refractivity contribution in [1.82, 2.24) is 0 Å². The molecule has 0 aliphatic carbocycles.